The third-order valence-corrected chi connectivity index (χ3v) is 5.32. The first kappa shape index (κ1) is 18.1. The van der Waals surface area contributed by atoms with Crippen LogP contribution in [-0.4, -0.2) is 36.1 Å². The number of hydrogen-bond acceptors (Lipinski definition) is 6. The zero-order chi connectivity index (χ0) is 17.7. The molecule has 0 aliphatic carbocycles. The Kier molecular flexibility index (Phi) is 5.71. The minimum Gasteiger partial charge on any atom is -0.443 e. The van der Waals surface area contributed by atoms with E-state index < -0.39 is 33.5 Å². The van der Waals surface area contributed by atoms with Crippen molar-refractivity contribution in [3.8, 4) is 0 Å². The van der Waals surface area contributed by atoms with E-state index in [2.05, 4.69) is 0 Å². The summed E-state index contributed by atoms with van der Waals surface area (Å²) in [7, 11) is -4.20. The zero-order valence-electron chi connectivity index (χ0n) is 12.9. The minimum absolute atomic E-state index is 0.115. The van der Waals surface area contributed by atoms with Gasteiger partial charge in [-0.25, -0.2) is 8.42 Å². The van der Waals surface area contributed by atoms with Gasteiger partial charge in [-0.05, 0) is 17.7 Å². The van der Waals surface area contributed by atoms with Crippen molar-refractivity contribution in [1.29, 1.82) is 0 Å². The van der Waals surface area contributed by atoms with Crippen molar-refractivity contribution in [2.45, 2.75) is 29.5 Å². The third-order valence-electron chi connectivity index (χ3n) is 3.40. The summed E-state index contributed by atoms with van der Waals surface area (Å²) < 4.78 is 30.2. The molecule has 0 unspecified atom stereocenters. The molecule has 0 fully saturated rings. The Bertz CT molecular complexity index is 773. The summed E-state index contributed by atoms with van der Waals surface area (Å²) in [5, 5.41) is 20.6. The predicted octanol–water partition coefficient (Wildman–Crippen LogP) is 1.44. The molecule has 0 aromatic heterocycles. The number of aliphatic hydroxyl groups excluding tert-OH is 2. The monoisotopic (exact) mass is 350 g/mol. The largest absolute Gasteiger partial charge is 0.443 e. The fourth-order valence-corrected chi connectivity index (χ4v) is 3.80. The summed E-state index contributed by atoms with van der Waals surface area (Å²) in [6.45, 7) is 1.04. The van der Waals surface area contributed by atoms with Crippen LogP contribution in [0.4, 0.5) is 0 Å². The van der Waals surface area contributed by atoms with E-state index in [9.17, 15) is 23.4 Å². The lowest BCUT2D eigenvalue weighted by Crippen LogP contribution is -2.41. The van der Waals surface area contributed by atoms with Gasteiger partial charge in [0.1, 0.15) is 12.2 Å². The second kappa shape index (κ2) is 7.57. The normalized spacial score (nSPS) is 15.3. The number of sulfone groups is 1. The van der Waals surface area contributed by atoms with E-state index >= 15 is 0 Å². The van der Waals surface area contributed by atoms with Gasteiger partial charge in [0.2, 0.25) is 15.3 Å². The second-order valence-corrected chi connectivity index (χ2v) is 7.21. The summed E-state index contributed by atoms with van der Waals surface area (Å²) in [5.41, 5.74) is -1.61. The van der Waals surface area contributed by atoms with Gasteiger partial charge in [-0.2, -0.15) is 0 Å². The van der Waals surface area contributed by atoms with Crippen LogP contribution in [0.15, 0.2) is 65.6 Å². The highest BCUT2D eigenvalue weighted by atomic mass is 32.2. The van der Waals surface area contributed by atoms with Crippen molar-refractivity contribution in [2.75, 3.05) is 0 Å². The average molecular weight is 350 g/mol. The van der Waals surface area contributed by atoms with Crippen molar-refractivity contribution in [3.63, 3.8) is 0 Å². The van der Waals surface area contributed by atoms with E-state index in [-0.39, 0.29) is 4.90 Å². The van der Waals surface area contributed by atoms with Gasteiger partial charge >= 0.3 is 5.97 Å². The van der Waals surface area contributed by atoms with Crippen molar-refractivity contribution >= 4 is 15.8 Å². The lowest BCUT2D eigenvalue weighted by atomic mass is 10.1. The Hall–Kier alpha value is -2.22. The Labute approximate surface area is 140 Å². The van der Waals surface area contributed by atoms with Gasteiger partial charge in [-0.1, -0.05) is 48.5 Å². The van der Waals surface area contributed by atoms with Crippen LogP contribution in [0, 0.1) is 0 Å². The van der Waals surface area contributed by atoms with Crippen LogP contribution in [0.5, 0.6) is 0 Å². The molecule has 2 rings (SSSR count). The zero-order valence-corrected chi connectivity index (χ0v) is 13.8. The number of rotatable bonds is 6. The maximum atomic E-state index is 12.7. The molecule has 128 valence electrons. The SMILES string of the molecule is CC(=O)O[C@H]([C@H](O)[C@@H](O)c1ccccc1)S(=O)(=O)c1ccccc1. The average Bonchev–Trinajstić information content (AvgIpc) is 2.59. The first-order chi connectivity index (χ1) is 11.3. The molecule has 0 spiro atoms. The summed E-state index contributed by atoms with van der Waals surface area (Å²) in [6.07, 6.45) is -3.38. The molecule has 2 N–H and O–H groups in total. The van der Waals surface area contributed by atoms with Crippen molar-refractivity contribution < 1.29 is 28.2 Å². The lowest BCUT2D eigenvalue weighted by Gasteiger charge is -2.26. The molecule has 0 aliphatic rings. The fourth-order valence-electron chi connectivity index (χ4n) is 2.22. The van der Waals surface area contributed by atoms with Gasteiger partial charge in [0.05, 0.1) is 4.90 Å². The maximum Gasteiger partial charge on any atom is 0.304 e. The van der Waals surface area contributed by atoms with E-state index in [4.69, 9.17) is 4.74 Å². The summed E-state index contributed by atoms with van der Waals surface area (Å²) >= 11 is 0. The van der Waals surface area contributed by atoms with E-state index in [1.165, 1.54) is 36.4 Å². The number of esters is 1. The number of hydrogen-bond donors (Lipinski definition) is 2. The fraction of sp³-hybridized carbons (Fsp3) is 0.235. The molecule has 0 saturated heterocycles. The van der Waals surface area contributed by atoms with Gasteiger partial charge in [0.25, 0.3) is 0 Å². The topological polar surface area (TPSA) is 101 Å². The summed E-state index contributed by atoms with van der Waals surface area (Å²) in [4.78, 5) is 11.2. The van der Waals surface area contributed by atoms with Crippen molar-refractivity contribution in [3.05, 3.63) is 66.2 Å². The standard InChI is InChI=1S/C17H18O6S/c1-12(18)23-17(24(21,22)14-10-6-3-7-11-14)16(20)15(19)13-8-4-2-5-9-13/h2-11,15-17,19-20H,1H3/t15-,16+,17-/m0/s1. The van der Waals surface area contributed by atoms with Crippen LogP contribution in [0.3, 0.4) is 0 Å². The molecule has 2 aromatic carbocycles. The number of carbonyl (C=O) groups is 1. The smallest absolute Gasteiger partial charge is 0.304 e. The maximum absolute atomic E-state index is 12.7. The molecular weight excluding hydrogens is 332 g/mol. The van der Waals surface area contributed by atoms with Crippen molar-refractivity contribution in [1.82, 2.24) is 0 Å². The lowest BCUT2D eigenvalue weighted by molar-refractivity contribution is -0.150. The Morgan fingerprint density at radius 2 is 1.46 bits per heavy atom. The molecule has 7 heteroatoms. The van der Waals surface area contributed by atoms with Crippen molar-refractivity contribution in [2.24, 2.45) is 0 Å². The molecule has 2 aromatic rings. The molecule has 0 radical (unpaired) electrons. The van der Waals surface area contributed by atoms with Crippen LogP contribution < -0.4 is 0 Å². The first-order valence-electron chi connectivity index (χ1n) is 7.21. The molecule has 0 aliphatic heterocycles. The van der Waals surface area contributed by atoms with Gasteiger partial charge < -0.3 is 14.9 Å². The second-order valence-electron chi connectivity index (χ2n) is 5.18. The number of aliphatic hydroxyl groups is 2. The molecule has 0 amide bonds. The number of ether oxygens (including phenoxy) is 1. The molecular formula is C17H18O6S. The molecule has 3 atom stereocenters. The van der Waals surface area contributed by atoms with Gasteiger partial charge in [0.15, 0.2) is 0 Å². The van der Waals surface area contributed by atoms with Crippen LogP contribution in [0.1, 0.15) is 18.6 Å². The molecule has 6 nitrogen and oxygen atoms in total. The predicted molar refractivity (Wildman–Crippen MR) is 86.6 cm³/mol. The number of benzene rings is 2. The molecule has 0 bridgehead atoms. The van der Waals surface area contributed by atoms with Crippen LogP contribution >= 0.6 is 0 Å². The van der Waals surface area contributed by atoms with E-state index in [1.54, 1.807) is 24.3 Å². The minimum atomic E-state index is -4.20. The van der Waals surface area contributed by atoms with E-state index in [0.717, 1.165) is 6.92 Å². The molecule has 0 saturated carbocycles. The highest BCUT2D eigenvalue weighted by molar-refractivity contribution is 7.92. The first-order valence-corrected chi connectivity index (χ1v) is 8.76. The van der Waals surface area contributed by atoms with Gasteiger partial charge in [-0.3, -0.25) is 4.79 Å². The molecule has 24 heavy (non-hydrogen) atoms. The Balaban J connectivity index is 2.40. The van der Waals surface area contributed by atoms with E-state index in [0.29, 0.717) is 5.56 Å². The highest BCUT2D eigenvalue weighted by Gasteiger charge is 2.40. The number of carbonyl (C=O) groups excluding carboxylic acids is 1. The van der Waals surface area contributed by atoms with Gasteiger partial charge in [-0.15, -0.1) is 0 Å². The third kappa shape index (κ3) is 4.00. The van der Waals surface area contributed by atoms with Crippen LogP contribution in [-0.2, 0) is 19.4 Å². The quantitative estimate of drug-likeness (QED) is 0.765. The van der Waals surface area contributed by atoms with Gasteiger partial charge in [0, 0.05) is 6.92 Å². The Morgan fingerprint density at radius 3 is 1.96 bits per heavy atom. The van der Waals surface area contributed by atoms with Crippen LogP contribution in [0.25, 0.3) is 0 Å². The summed E-state index contributed by atoms with van der Waals surface area (Å²) in [5.74, 6) is -0.876. The Morgan fingerprint density at radius 1 is 0.958 bits per heavy atom. The summed E-state index contributed by atoms with van der Waals surface area (Å²) in [6, 6.07) is 15.4. The van der Waals surface area contributed by atoms with E-state index in [1.807, 2.05) is 0 Å². The highest BCUT2D eigenvalue weighted by Crippen LogP contribution is 2.27. The van der Waals surface area contributed by atoms with Crippen LogP contribution in [0.2, 0.25) is 0 Å². The molecule has 0 heterocycles.